The Labute approximate surface area is 134 Å². The first-order chi connectivity index (χ1) is 10.7. The monoisotopic (exact) mass is 347 g/mol. The molecular weight excluding hydrogens is 335 g/mol. The van der Waals surface area contributed by atoms with Crippen molar-refractivity contribution in [2.24, 2.45) is 0 Å². The van der Waals surface area contributed by atoms with Crippen molar-refractivity contribution in [1.29, 1.82) is 5.26 Å². The second kappa shape index (κ2) is 6.24. The van der Waals surface area contributed by atoms with E-state index in [0.717, 1.165) is 12.8 Å². The molecule has 23 heavy (non-hydrogen) atoms. The minimum absolute atomic E-state index is 0.480. The quantitative estimate of drug-likeness (QED) is 0.912. The minimum Gasteiger partial charge on any atom is -0.336 e. The maximum Gasteiger partial charge on any atom is 0.417 e. The fourth-order valence-electron chi connectivity index (χ4n) is 2.58. The lowest BCUT2D eigenvalue weighted by atomic mass is 10.00. The molecule has 0 bridgehead atoms. The standard InChI is InChI=1S/C14H13ClF3N3O2/c15-10-5-9(14(16,17)18)6-21(12(10)23)7-11(22)20-13(8-19)3-1-2-4-13/h5-6H,1-4,7H2,(H,20,22). The van der Waals surface area contributed by atoms with Crippen LogP contribution < -0.4 is 10.9 Å². The van der Waals surface area contributed by atoms with Crippen molar-refractivity contribution in [3.8, 4) is 6.07 Å². The summed E-state index contributed by atoms with van der Waals surface area (Å²) < 4.78 is 38.8. The van der Waals surface area contributed by atoms with Gasteiger partial charge < -0.3 is 9.88 Å². The van der Waals surface area contributed by atoms with Gasteiger partial charge >= 0.3 is 6.18 Å². The normalized spacial score (nSPS) is 16.8. The Morgan fingerprint density at radius 3 is 2.57 bits per heavy atom. The van der Waals surface area contributed by atoms with E-state index in [0.29, 0.717) is 29.7 Å². The van der Waals surface area contributed by atoms with E-state index in [1.807, 2.05) is 6.07 Å². The van der Waals surface area contributed by atoms with E-state index < -0.39 is 40.3 Å². The lowest BCUT2D eigenvalue weighted by molar-refractivity contribution is -0.138. The lowest BCUT2D eigenvalue weighted by Crippen LogP contribution is -2.47. The van der Waals surface area contributed by atoms with Gasteiger partial charge in [-0.15, -0.1) is 0 Å². The van der Waals surface area contributed by atoms with Crippen molar-refractivity contribution in [3.05, 3.63) is 33.2 Å². The summed E-state index contributed by atoms with van der Waals surface area (Å²) in [7, 11) is 0. The first kappa shape index (κ1) is 17.3. The Morgan fingerprint density at radius 1 is 1.43 bits per heavy atom. The number of nitriles is 1. The number of alkyl halides is 3. The molecule has 1 fully saturated rings. The van der Waals surface area contributed by atoms with E-state index in [1.165, 1.54) is 0 Å². The molecule has 1 heterocycles. The molecule has 5 nitrogen and oxygen atoms in total. The average molecular weight is 348 g/mol. The molecule has 1 N–H and O–H groups in total. The van der Waals surface area contributed by atoms with Crippen LogP contribution in [0.4, 0.5) is 13.2 Å². The molecule has 0 aliphatic heterocycles. The van der Waals surface area contributed by atoms with Crippen molar-refractivity contribution < 1.29 is 18.0 Å². The van der Waals surface area contributed by atoms with Crippen molar-refractivity contribution in [2.75, 3.05) is 0 Å². The van der Waals surface area contributed by atoms with Crippen LogP contribution in [0, 0.1) is 11.3 Å². The number of amides is 1. The predicted octanol–water partition coefficient (Wildman–Crippen LogP) is 2.47. The zero-order chi connectivity index (χ0) is 17.3. The van der Waals surface area contributed by atoms with Gasteiger partial charge in [0, 0.05) is 6.20 Å². The number of nitrogens with zero attached hydrogens (tertiary/aromatic N) is 2. The lowest BCUT2D eigenvalue weighted by Gasteiger charge is -2.22. The second-order valence-corrected chi connectivity index (χ2v) is 5.86. The van der Waals surface area contributed by atoms with Gasteiger partial charge in [0.15, 0.2) is 0 Å². The highest BCUT2D eigenvalue weighted by Crippen LogP contribution is 2.30. The van der Waals surface area contributed by atoms with Gasteiger partial charge in [0.1, 0.15) is 17.1 Å². The third kappa shape index (κ3) is 3.85. The Bertz CT molecular complexity index is 715. The van der Waals surface area contributed by atoms with Gasteiger partial charge in [0.05, 0.1) is 11.6 Å². The summed E-state index contributed by atoms with van der Waals surface area (Å²) in [5, 5.41) is 11.1. The Morgan fingerprint density at radius 2 is 2.04 bits per heavy atom. The smallest absolute Gasteiger partial charge is 0.336 e. The molecule has 0 aromatic carbocycles. The van der Waals surface area contributed by atoms with Crippen molar-refractivity contribution in [3.63, 3.8) is 0 Å². The van der Waals surface area contributed by atoms with Gasteiger partial charge in [-0.25, -0.2) is 0 Å². The first-order valence-electron chi connectivity index (χ1n) is 6.86. The summed E-state index contributed by atoms with van der Waals surface area (Å²) in [5.41, 5.74) is -3.02. The maximum absolute atomic E-state index is 12.7. The van der Waals surface area contributed by atoms with Gasteiger partial charge in [-0.1, -0.05) is 11.6 Å². The number of hydrogen-bond donors (Lipinski definition) is 1. The summed E-state index contributed by atoms with van der Waals surface area (Å²) in [6.07, 6.45) is -1.62. The fraction of sp³-hybridized carbons (Fsp3) is 0.500. The molecule has 2 rings (SSSR count). The van der Waals surface area contributed by atoms with Crippen LogP contribution >= 0.6 is 11.6 Å². The minimum atomic E-state index is -4.69. The highest BCUT2D eigenvalue weighted by atomic mass is 35.5. The average Bonchev–Trinajstić information content (AvgIpc) is 2.91. The molecule has 124 valence electrons. The second-order valence-electron chi connectivity index (χ2n) is 5.46. The number of carbonyl (C=O) groups excluding carboxylic acids is 1. The number of halogens is 4. The summed E-state index contributed by atoms with van der Waals surface area (Å²) in [5.74, 6) is -0.703. The van der Waals surface area contributed by atoms with Crippen LogP contribution in [0.15, 0.2) is 17.1 Å². The zero-order valence-electron chi connectivity index (χ0n) is 11.9. The van der Waals surface area contributed by atoms with Crippen LogP contribution in [-0.2, 0) is 17.5 Å². The van der Waals surface area contributed by atoms with Crippen molar-refractivity contribution in [1.82, 2.24) is 9.88 Å². The molecule has 1 amide bonds. The van der Waals surface area contributed by atoms with Crippen LogP contribution in [0.25, 0.3) is 0 Å². The Hall–Kier alpha value is -2.01. The van der Waals surface area contributed by atoms with Crippen LogP contribution in [-0.4, -0.2) is 16.0 Å². The molecule has 0 unspecified atom stereocenters. The largest absolute Gasteiger partial charge is 0.417 e. The van der Waals surface area contributed by atoms with Crippen LogP contribution in [0.5, 0.6) is 0 Å². The molecule has 0 atom stereocenters. The fourth-order valence-corrected chi connectivity index (χ4v) is 2.80. The Balaban J connectivity index is 2.23. The number of nitrogens with one attached hydrogen (secondary N) is 1. The topological polar surface area (TPSA) is 74.9 Å². The number of pyridine rings is 1. The van der Waals surface area contributed by atoms with Crippen LogP contribution in [0.3, 0.4) is 0 Å². The number of carbonyl (C=O) groups is 1. The number of hydrogen-bond acceptors (Lipinski definition) is 3. The highest BCUT2D eigenvalue weighted by molar-refractivity contribution is 6.30. The molecule has 1 aliphatic rings. The summed E-state index contributed by atoms with van der Waals surface area (Å²) in [6.45, 7) is -0.633. The molecule has 1 aliphatic carbocycles. The van der Waals surface area contributed by atoms with E-state index >= 15 is 0 Å². The molecule has 1 saturated carbocycles. The molecule has 1 aromatic heterocycles. The van der Waals surface area contributed by atoms with Gasteiger partial charge in [0.2, 0.25) is 5.91 Å². The van der Waals surface area contributed by atoms with E-state index in [1.54, 1.807) is 0 Å². The molecule has 9 heteroatoms. The first-order valence-corrected chi connectivity index (χ1v) is 7.24. The predicted molar refractivity (Wildman–Crippen MR) is 75.7 cm³/mol. The zero-order valence-corrected chi connectivity index (χ0v) is 12.7. The van der Waals surface area contributed by atoms with E-state index in [-0.39, 0.29) is 0 Å². The Kier molecular flexibility index (Phi) is 4.71. The van der Waals surface area contributed by atoms with Crippen molar-refractivity contribution in [2.45, 2.75) is 43.9 Å². The van der Waals surface area contributed by atoms with Crippen molar-refractivity contribution >= 4 is 17.5 Å². The van der Waals surface area contributed by atoms with Gasteiger partial charge in [-0.2, -0.15) is 18.4 Å². The molecule has 0 spiro atoms. The van der Waals surface area contributed by atoms with Crippen LogP contribution in [0.1, 0.15) is 31.2 Å². The van der Waals surface area contributed by atoms with E-state index in [2.05, 4.69) is 5.32 Å². The third-order valence-corrected chi connectivity index (χ3v) is 4.00. The highest BCUT2D eigenvalue weighted by Gasteiger charge is 2.36. The van der Waals surface area contributed by atoms with Gasteiger partial charge in [-0.3, -0.25) is 9.59 Å². The summed E-state index contributed by atoms with van der Waals surface area (Å²) in [4.78, 5) is 23.8. The van der Waals surface area contributed by atoms with Gasteiger partial charge in [0.25, 0.3) is 5.56 Å². The summed E-state index contributed by atoms with van der Waals surface area (Å²) >= 11 is 5.52. The number of aromatic nitrogens is 1. The SMILES string of the molecule is N#CC1(NC(=O)Cn2cc(C(F)(F)F)cc(Cl)c2=O)CCCC1. The van der Waals surface area contributed by atoms with E-state index in [9.17, 15) is 28.0 Å². The molecule has 0 radical (unpaired) electrons. The summed E-state index contributed by atoms with van der Waals surface area (Å²) in [6, 6.07) is 2.55. The molecule has 1 aromatic rings. The van der Waals surface area contributed by atoms with Gasteiger partial charge in [-0.05, 0) is 31.7 Å². The van der Waals surface area contributed by atoms with Crippen LogP contribution in [0.2, 0.25) is 5.02 Å². The molecular formula is C14H13ClF3N3O2. The van der Waals surface area contributed by atoms with E-state index in [4.69, 9.17) is 11.6 Å². The molecule has 0 saturated heterocycles. The number of rotatable bonds is 3. The third-order valence-electron chi connectivity index (χ3n) is 3.73. The maximum atomic E-state index is 12.7.